The number of rotatable bonds is 4. The molecule has 0 aliphatic heterocycles. The summed E-state index contributed by atoms with van der Waals surface area (Å²) in [4.78, 5) is 11.3. The smallest absolute Gasteiger partial charge is 0.307 e. The molecule has 0 radical (unpaired) electrons. The van der Waals surface area contributed by atoms with Gasteiger partial charge >= 0.3 is 5.97 Å². The number of carboxylic acids is 1. The Morgan fingerprint density at radius 3 is 2.88 bits per heavy atom. The summed E-state index contributed by atoms with van der Waals surface area (Å²) in [6.45, 7) is 4.94. The Hall–Kier alpha value is -1.39. The SMILES string of the molecule is CCC1CC(C(=O)O)C(c2nncn2CC)C1. The predicted octanol–water partition coefficient (Wildman–Crippen LogP) is 1.90. The quantitative estimate of drug-likeness (QED) is 0.868. The molecule has 94 valence electrons. The molecule has 5 heteroatoms. The minimum absolute atomic E-state index is 0.0277. The molecule has 1 aliphatic rings. The van der Waals surface area contributed by atoms with Crippen LogP contribution < -0.4 is 0 Å². The largest absolute Gasteiger partial charge is 0.481 e. The predicted molar refractivity (Wildman–Crippen MR) is 62.6 cm³/mol. The van der Waals surface area contributed by atoms with Crippen molar-refractivity contribution in [2.24, 2.45) is 11.8 Å². The molecule has 0 saturated heterocycles. The van der Waals surface area contributed by atoms with Crippen molar-refractivity contribution in [3.63, 3.8) is 0 Å². The zero-order chi connectivity index (χ0) is 12.4. The van der Waals surface area contributed by atoms with Crippen LogP contribution in [0.4, 0.5) is 0 Å². The van der Waals surface area contributed by atoms with Gasteiger partial charge in [0.05, 0.1) is 5.92 Å². The molecule has 1 N–H and O–H groups in total. The van der Waals surface area contributed by atoms with Gasteiger partial charge in [-0.2, -0.15) is 0 Å². The Bertz CT molecular complexity index is 402. The normalized spacial score (nSPS) is 28.5. The molecule has 17 heavy (non-hydrogen) atoms. The highest BCUT2D eigenvalue weighted by atomic mass is 16.4. The fourth-order valence-electron chi connectivity index (χ4n) is 2.83. The molecule has 1 aromatic heterocycles. The lowest BCUT2D eigenvalue weighted by atomic mass is 9.95. The first-order chi connectivity index (χ1) is 8.17. The van der Waals surface area contributed by atoms with Crippen LogP contribution in [0.3, 0.4) is 0 Å². The minimum atomic E-state index is -0.698. The van der Waals surface area contributed by atoms with Crippen LogP contribution in [-0.2, 0) is 11.3 Å². The second kappa shape index (κ2) is 4.85. The monoisotopic (exact) mass is 237 g/mol. The van der Waals surface area contributed by atoms with E-state index < -0.39 is 5.97 Å². The van der Waals surface area contributed by atoms with E-state index in [9.17, 15) is 9.90 Å². The lowest BCUT2D eigenvalue weighted by molar-refractivity contribution is -0.142. The summed E-state index contributed by atoms with van der Waals surface area (Å²) in [5, 5.41) is 17.3. The minimum Gasteiger partial charge on any atom is -0.481 e. The molecule has 1 aromatic rings. The third-order valence-electron chi connectivity index (χ3n) is 3.87. The summed E-state index contributed by atoms with van der Waals surface area (Å²) >= 11 is 0. The van der Waals surface area contributed by atoms with Gasteiger partial charge in [0.25, 0.3) is 0 Å². The summed E-state index contributed by atoms with van der Waals surface area (Å²) in [7, 11) is 0. The summed E-state index contributed by atoms with van der Waals surface area (Å²) in [6, 6.07) is 0. The Balaban J connectivity index is 2.26. The van der Waals surface area contributed by atoms with Crippen LogP contribution in [0.15, 0.2) is 6.33 Å². The summed E-state index contributed by atoms with van der Waals surface area (Å²) in [6.07, 6.45) is 4.42. The average Bonchev–Trinajstić information content (AvgIpc) is 2.94. The molecule has 0 spiro atoms. The van der Waals surface area contributed by atoms with Gasteiger partial charge in [0.1, 0.15) is 12.2 Å². The van der Waals surface area contributed by atoms with Gasteiger partial charge in [0.2, 0.25) is 0 Å². The molecule has 3 unspecified atom stereocenters. The molecule has 0 aromatic carbocycles. The molecular weight excluding hydrogens is 218 g/mol. The molecule has 2 rings (SSSR count). The molecule has 1 aliphatic carbocycles. The van der Waals surface area contributed by atoms with Gasteiger partial charge in [-0.25, -0.2) is 0 Å². The van der Waals surface area contributed by atoms with Crippen molar-refractivity contribution in [1.29, 1.82) is 0 Å². The Morgan fingerprint density at radius 1 is 1.53 bits per heavy atom. The number of carboxylic acid groups (broad SMARTS) is 1. The van der Waals surface area contributed by atoms with Gasteiger partial charge in [-0.3, -0.25) is 4.79 Å². The van der Waals surface area contributed by atoms with Crippen molar-refractivity contribution in [2.75, 3.05) is 0 Å². The average molecular weight is 237 g/mol. The van der Waals surface area contributed by atoms with E-state index in [0.717, 1.165) is 31.6 Å². The molecule has 1 saturated carbocycles. The second-order valence-electron chi connectivity index (χ2n) is 4.77. The molecule has 5 nitrogen and oxygen atoms in total. The molecular formula is C12H19N3O2. The highest BCUT2D eigenvalue weighted by Gasteiger charge is 2.41. The van der Waals surface area contributed by atoms with E-state index in [1.54, 1.807) is 6.33 Å². The maximum atomic E-state index is 11.3. The highest BCUT2D eigenvalue weighted by molar-refractivity contribution is 5.71. The van der Waals surface area contributed by atoms with Crippen LogP contribution >= 0.6 is 0 Å². The molecule has 1 heterocycles. The van der Waals surface area contributed by atoms with Crippen molar-refractivity contribution in [1.82, 2.24) is 14.8 Å². The first-order valence-electron chi connectivity index (χ1n) is 6.27. The Labute approximate surface area is 101 Å². The molecule has 1 fully saturated rings. The zero-order valence-corrected chi connectivity index (χ0v) is 10.3. The topological polar surface area (TPSA) is 68.0 Å². The van der Waals surface area contributed by atoms with Crippen molar-refractivity contribution in [2.45, 2.75) is 45.6 Å². The van der Waals surface area contributed by atoms with E-state index in [4.69, 9.17) is 0 Å². The van der Waals surface area contributed by atoms with Crippen LogP contribution in [0.5, 0.6) is 0 Å². The standard InChI is InChI=1S/C12H19N3O2/c1-3-8-5-9(10(6-8)12(16)17)11-14-13-7-15(11)4-2/h7-10H,3-6H2,1-2H3,(H,16,17). The van der Waals surface area contributed by atoms with E-state index in [1.807, 2.05) is 11.5 Å². The first-order valence-corrected chi connectivity index (χ1v) is 6.27. The van der Waals surface area contributed by atoms with Gasteiger partial charge in [0, 0.05) is 12.5 Å². The van der Waals surface area contributed by atoms with Crippen molar-refractivity contribution < 1.29 is 9.90 Å². The Morgan fingerprint density at radius 2 is 2.29 bits per heavy atom. The third-order valence-corrected chi connectivity index (χ3v) is 3.87. The molecule has 0 amide bonds. The number of aryl methyl sites for hydroxylation is 1. The van der Waals surface area contributed by atoms with E-state index in [-0.39, 0.29) is 11.8 Å². The van der Waals surface area contributed by atoms with Crippen LogP contribution in [0.1, 0.15) is 44.9 Å². The van der Waals surface area contributed by atoms with Crippen LogP contribution in [0, 0.1) is 11.8 Å². The molecule has 3 atom stereocenters. The van der Waals surface area contributed by atoms with Crippen molar-refractivity contribution in [3.05, 3.63) is 12.2 Å². The van der Waals surface area contributed by atoms with Gasteiger partial charge in [-0.1, -0.05) is 13.3 Å². The maximum Gasteiger partial charge on any atom is 0.307 e. The van der Waals surface area contributed by atoms with E-state index in [1.165, 1.54) is 0 Å². The van der Waals surface area contributed by atoms with Gasteiger partial charge in [0.15, 0.2) is 0 Å². The number of aromatic nitrogens is 3. The number of nitrogens with zero attached hydrogens (tertiary/aromatic N) is 3. The first kappa shape index (κ1) is 12.1. The second-order valence-corrected chi connectivity index (χ2v) is 4.77. The number of hydrogen-bond donors (Lipinski definition) is 1. The van der Waals surface area contributed by atoms with E-state index in [0.29, 0.717) is 5.92 Å². The number of hydrogen-bond acceptors (Lipinski definition) is 3. The molecule has 0 bridgehead atoms. The van der Waals surface area contributed by atoms with Crippen LogP contribution in [0.25, 0.3) is 0 Å². The number of carbonyl (C=O) groups is 1. The number of aliphatic carboxylic acids is 1. The van der Waals surface area contributed by atoms with Gasteiger partial charge < -0.3 is 9.67 Å². The van der Waals surface area contributed by atoms with Crippen molar-refractivity contribution >= 4 is 5.97 Å². The zero-order valence-electron chi connectivity index (χ0n) is 10.3. The summed E-state index contributed by atoms with van der Waals surface area (Å²) < 4.78 is 1.96. The van der Waals surface area contributed by atoms with Gasteiger partial charge in [-0.15, -0.1) is 10.2 Å². The van der Waals surface area contributed by atoms with E-state index >= 15 is 0 Å². The fraction of sp³-hybridized carbons (Fsp3) is 0.750. The van der Waals surface area contributed by atoms with Gasteiger partial charge in [-0.05, 0) is 25.7 Å². The fourth-order valence-corrected chi connectivity index (χ4v) is 2.83. The summed E-state index contributed by atoms with van der Waals surface area (Å²) in [5.41, 5.74) is 0. The lowest BCUT2D eigenvalue weighted by Crippen LogP contribution is -2.19. The summed E-state index contributed by atoms with van der Waals surface area (Å²) in [5.74, 6) is 0.380. The Kier molecular flexibility index (Phi) is 3.45. The third kappa shape index (κ3) is 2.18. The lowest BCUT2D eigenvalue weighted by Gasteiger charge is -2.15. The van der Waals surface area contributed by atoms with Crippen LogP contribution in [-0.4, -0.2) is 25.8 Å². The van der Waals surface area contributed by atoms with E-state index in [2.05, 4.69) is 17.1 Å². The van der Waals surface area contributed by atoms with Crippen LogP contribution in [0.2, 0.25) is 0 Å². The van der Waals surface area contributed by atoms with Crippen molar-refractivity contribution in [3.8, 4) is 0 Å². The highest BCUT2D eigenvalue weighted by Crippen LogP contribution is 2.43. The maximum absolute atomic E-state index is 11.3.